The van der Waals surface area contributed by atoms with E-state index in [2.05, 4.69) is 19.2 Å². The number of amides is 2. The summed E-state index contributed by atoms with van der Waals surface area (Å²) in [6.07, 6.45) is 5.90. The fraction of sp³-hybridized carbons (Fsp3) is 0.895. The summed E-state index contributed by atoms with van der Waals surface area (Å²) in [7, 11) is 0. The first-order valence-electron chi connectivity index (χ1n) is 9.37. The molecule has 1 N–H and O–H groups in total. The number of nitrogens with zero attached hydrogens (tertiary/aromatic N) is 1. The minimum absolute atomic E-state index is 0.00996. The molecule has 0 aromatic heterocycles. The van der Waals surface area contributed by atoms with E-state index in [0.717, 1.165) is 32.1 Å². The highest BCUT2D eigenvalue weighted by Crippen LogP contribution is 2.48. The number of carbonyl (C=O) groups excluding carboxylic acids is 2. The molecule has 1 aliphatic heterocycles. The van der Waals surface area contributed by atoms with E-state index in [0.29, 0.717) is 11.3 Å². The number of hydrogen-bond acceptors (Lipinski definition) is 3. The van der Waals surface area contributed by atoms with Crippen molar-refractivity contribution < 1.29 is 14.3 Å². The molecule has 136 valence electrons. The standard InChI is InChI=1S/C19H32N2O3/c1-18(2,3)24-17(23)21-14-9-12(14)10-15(21)16(22)20-13-7-6-8-19(4,5)11-13/h12-15H,6-11H2,1-5H3,(H,20,22)/t12-,13+,14-,15+/m1/s1. The highest BCUT2D eigenvalue weighted by atomic mass is 16.6. The van der Waals surface area contributed by atoms with Gasteiger partial charge in [-0.05, 0) is 64.2 Å². The Labute approximate surface area is 145 Å². The molecule has 0 bridgehead atoms. The third-order valence-electron chi connectivity index (χ3n) is 5.56. The molecule has 2 aliphatic carbocycles. The zero-order chi connectivity index (χ0) is 17.7. The van der Waals surface area contributed by atoms with Crippen LogP contribution in [0.5, 0.6) is 0 Å². The van der Waals surface area contributed by atoms with Crippen molar-refractivity contribution in [2.45, 2.75) is 96.9 Å². The van der Waals surface area contributed by atoms with Crippen molar-refractivity contribution in [1.82, 2.24) is 10.2 Å². The van der Waals surface area contributed by atoms with E-state index < -0.39 is 5.60 Å². The monoisotopic (exact) mass is 336 g/mol. The van der Waals surface area contributed by atoms with Gasteiger partial charge in [0, 0.05) is 12.1 Å². The van der Waals surface area contributed by atoms with Crippen LogP contribution >= 0.6 is 0 Å². The van der Waals surface area contributed by atoms with E-state index in [4.69, 9.17) is 4.74 Å². The topological polar surface area (TPSA) is 58.6 Å². The highest BCUT2D eigenvalue weighted by Gasteiger charge is 2.57. The number of nitrogens with one attached hydrogen (secondary N) is 1. The average molecular weight is 336 g/mol. The minimum Gasteiger partial charge on any atom is -0.444 e. The number of ether oxygens (including phenoxy) is 1. The van der Waals surface area contributed by atoms with Crippen LogP contribution in [-0.2, 0) is 9.53 Å². The second kappa shape index (κ2) is 5.92. The molecule has 5 heteroatoms. The molecular weight excluding hydrogens is 304 g/mol. The maximum atomic E-state index is 12.8. The van der Waals surface area contributed by atoms with Crippen molar-refractivity contribution in [2.24, 2.45) is 11.3 Å². The Morgan fingerprint density at radius 2 is 1.92 bits per heavy atom. The van der Waals surface area contributed by atoms with Crippen molar-refractivity contribution in [3.8, 4) is 0 Å². The smallest absolute Gasteiger partial charge is 0.411 e. The largest absolute Gasteiger partial charge is 0.444 e. The van der Waals surface area contributed by atoms with Crippen molar-refractivity contribution in [3.63, 3.8) is 0 Å². The van der Waals surface area contributed by atoms with Crippen molar-refractivity contribution >= 4 is 12.0 Å². The maximum absolute atomic E-state index is 12.8. The molecule has 24 heavy (non-hydrogen) atoms. The van der Waals surface area contributed by atoms with Gasteiger partial charge in [0.15, 0.2) is 0 Å². The molecule has 0 radical (unpaired) electrons. The molecule has 0 aromatic rings. The quantitative estimate of drug-likeness (QED) is 0.840. The second-order valence-corrected chi connectivity index (χ2v) is 9.67. The zero-order valence-corrected chi connectivity index (χ0v) is 15.7. The lowest BCUT2D eigenvalue weighted by Crippen LogP contribution is -2.52. The van der Waals surface area contributed by atoms with Gasteiger partial charge in [0.05, 0.1) is 0 Å². The number of fused-ring (bicyclic) bond motifs is 1. The van der Waals surface area contributed by atoms with Crippen LogP contribution in [0.2, 0.25) is 0 Å². The van der Waals surface area contributed by atoms with Gasteiger partial charge in [0.25, 0.3) is 0 Å². The molecule has 0 spiro atoms. The summed E-state index contributed by atoms with van der Waals surface area (Å²) in [5, 5.41) is 3.22. The van der Waals surface area contributed by atoms with Gasteiger partial charge in [-0.3, -0.25) is 9.69 Å². The van der Waals surface area contributed by atoms with E-state index in [1.54, 1.807) is 4.90 Å². The van der Waals surface area contributed by atoms with E-state index in [1.165, 1.54) is 6.42 Å². The van der Waals surface area contributed by atoms with Crippen LogP contribution in [0.3, 0.4) is 0 Å². The summed E-state index contributed by atoms with van der Waals surface area (Å²) < 4.78 is 5.53. The molecule has 0 unspecified atom stereocenters. The van der Waals surface area contributed by atoms with Crippen LogP contribution in [0.1, 0.15) is 73.1 Å². The zero-order valence-electron chi connectivity index (χ0n) is 15.7. The molecule has 1 saturated heterocycles. The fourth-order valence-corrected chi connectivity index (χ4v) is 4.39. The lowest BCUT2D eigenvalue weighted by atomic mass is 9.75. The van der Waals surface area contributed by atoms with Crippen LogP contribution in [0.15, 0.2) is 0 Å². The predicted octanol–water partition coefficient (Wildman–Crippen LogP) is 3.47. The Morgan fingerprint density at radius 1 is 1.21 bits per heavy atom. The van der Waals surface area contributed by atoms with Gasteiger partial charge >= 0.3 is 6.09 Å². The number of hydrogen-bond donors (Lipinski definition) is 1. The Bertz CT molecular complexity index is 523. The Kier molecular flexibility index (Phi) is 4.33. The number of piperidine rings is 1. The first-order valence-corrected chi connectivity index (χ1v) is 9.37. The summed E-state index contributed by atoms with van der Waals surface area (Å²) in [4.78, 5) is 27.1. The number of rotatable bonds is 2. The van der Waals surface area contributed by atoms with Crippen LogP contribution in [0.4, 0.5) is 4.79 Å². The van der Waals surface area contributed by atoms with Crippen LogP contribution in [-0.4, -0.2) is 40.6 Å². The third-order valence-corrected chi connectivity index (χ3v) is 5.56. The van der Waals surface area contributed by atoms with E-state index in [9.17, 15) is 9.59 Å². The summed E-state index contributed by atoms with van der Waals surface area (Å²) in [6, 6.07) is 0.0886. The molecule has 1 heterocycles. The summed E-state index contributed by atoms with van der Waals surface area (Å²) in [5.41, 5.74) is -0.239. The molecule has 2 amide bonds. The SMILES string of the molecule is CC1(C)CCC[C@H](NC(=O)[C@@H]2C[C@H]3C[C@H]3N2C(=O)OC(C)(C)C)C1. The third kappa shape index (κ3) is 3.86. The van der Waals surface area contributed by atoms with Gasteiger partial charge in [-0.15, -0.1) is 0 Å². The molecule has 3 aliphatic rings. The minimum atomic E-state index is -0.529. The van der Waals surface area contributed by atoms with Gasteiger partial charge in [0.2, 0.25) is 5.91 Å². The molecular formula is C19H32N2O3. The summed E-state index contributed by atoms with van der Waals surface area (Å²) >= 11 is 0. The average Bonchev–Trinajstić information content (AvgIpc) is 3.05. The van der Waals surface area contributed by atoms with Gasteiger partial charge in [0.1, 0.15) is 11.6 Å². The Balaban J connectivity index is 1.62. The van der Waals surface area contributed by atoms with Crippen LogP contribution in [0, 0.1) is 11.3 Å². The molecule has 2 saturated carbocycles. The van der Waals surface area contributed by atoms with Gasteiger partial charge in [-0.25, -0.2) is 4.79 Å². The predicted molar refractivity (Wildman–Crippen MR) is 92.6 cm³/mol. The van der Waals surface area contributed by atoms with Crippen LogP contribution < -0.4 is 5.32 Å². The molecule has 3 rings (SSSR count). The van der Waals surface area contributed by atoms with Crippen molar-refractivity contribution in [3.05, 3.63) is 0 Å². The van der Waals surface area contributed by atoms with Gasteiger partial charge < -0.3 is 10.1 Å². The maximum Gasteiger partial charge on any atom is 0.411 e. The van der Waals surface area contributed by atoms with Gasteiger partial charge in [-0.1, -0.05) is 20.3 Å². The Morgan fingerprint density at radius 3 is 2.54 bits per heavy atom. The lowest BCUT2D eigenvalue weighted by Gasteiger charge is -2.37. The second-order valence-electron chi connectivity index (χ2n) is 9.67. The van der Waals surface area contributed by atoms with E-state index in [1.807, 2.05) is 20.8 Å². The fourth-order valence-electron chi connectivity index (χ4n) is 4.39. The molecule has 4 atom stereocenters. The van der Waals surface area contributed by atoms with Crippen molar-refractivity contribution in [2.75, 3.05) is 0 Å². The number of carbonyl (C=O) groups is 2. The van der Waals surface area contributed by atoms with Crippen LogP contribution in [0.25, 0.3) is 0 Å². The summed E-state index contributed by atoms with van der Waals surface area (Å²) in [5.74, 6) is 0.492. The molecule has 0 aromatic carbocycles. The van der Waals surface area contributed by atoms with E-state index in [-0.39, 0.29) is 30.1 Å². The Hall–Kier alpha value is -1.26. The highest BCUT2D eigenvalue weighted by molar-refractivity contribution is 5.87. The molecule has 3 fully saturated rings. The summed E-state index contributed by atoms with van der Waals surface area (Å²) in [6.45, 7) is 10.1. The van der Waals surface area contributed by atoms with Gasteiger partial charge in [-0.2, -0.15) is 0 Å². The number of likely N-dealkylation sites (tertiary alicyclic amines) is 1. The van der Waals surface area contributed by atoms with E-state index >= 15 is 0 Å². The first kappa shape index (κ1) is 17.6. The normalized spacial score (nSPS) is 34.5. The molecule has 5 nitrogen and oxygen atoms in total. The lowest BCUT2D eigenvalue weighted by molar-refractivity contribution is -0.127. The first-order chi connectivity index (χ1) is 11.1. The van der Waals surface area contributed by atoms with Crippen molar-refractivity contribution in [1.29, 1.82) is 0 Å².